The van der Waals surface area contributed by atoms with Gasteiger partial charge in [0.15, 0.2) is 11.5 Å². The van der Waals surface area contributed by atoms with E-state index in [9.17, 15) is 9.59 Å². The summed E-state index contributed by atoms with van der Waals surface area (Å²) >= 11 is 4.58. The smallest absolute Gasteiger partial charge is 0.243 e. The van der Waals surface area contributed by atoms with Gasteiger partial charge < -0.3 is 20.4 Å². The van der Waals surface area contributed by atoms with Gasteiger partial charge in [0.2, 0.25) is 11.6 Å². The van der Waals surface area contributed by atoms with E-state index in [1.165, 1.54) is 24.0 Å². The lowest BCUT2D eigenvalue weighted by atomic mass is 9.77. The maximum absolute atomic E-state index is 14.1. The van der Waals surface area contributed by atoms with Crippen LogP contribution in [0.15, 0.2) is 83.2 Å². The van der Waals surface area contributed by atoms with Crippen LogP contribution < -0.4 is 15.5 Å². The Hall–Kier alpha value is -3.62. The van der Waals surface area contributed by atoms with Crippen molar-refractivity contribution in [3.8, 4) is 0 Å². The third-order valence-corrected chi connectivity index (χ3v) is 10.6. The lowest BCUT2D eigenvalue weighted by Gasteiger charge is -2.31. The molecule has 0 fully saturated rings. The lowest BCUT2D eigenvalue weighted by molar-refractivity contribution is -0.401. The van der Waals surface area contributed by atoms with Gasteiger partial charge in [-0.15, -0.1) is 0 Å². The summed E-state index contributed by atoms with van der Waals surface area (Å²) in [5.74, 6) is 0.140. The number of nitrogens with one attached hydrogen (secondary N) is 2. The van der Waals surface area contributed by atoms with Crippen molar-refractivity contribution in [2.75, 3.05) is 51.4 Å². The predicted molar refractivity (Wildman–Crippen MR) is 197 cm³/mol. The number of Topliss-reactive ketones (excluding diaryl/α,β-unsaturated/α-hetero) is 1. The van der Waals surface area contributed by atoms with Crippen LogP contribution in [0.3, 0.4) is 0 Å². The second kappa shape index (κ2) is 13.9. The van der Waals surface area contributed by atoms with E-state index in [0.29, 0.717) is 23.4 Å². The second-order valence-corrected chi connectivity index (χ2v) is 14.5. The molecule has 1 amide bonds. The number of amides is 1. The number of carbonyl (C=O) groups excluding carboxylic acids is 2. The van der Waals surface area contributed by atoms with Crippen LogP contribution in [0.1, 0.15) is 65.0 Å². The summed E-state index contributed by atoms with van der Waals surface area (Å²) in [4.78, 5) is 32.0. The summed E-state index contributed by atoms with van der Waals surface area (Å²) in [5.41, 5.74) is 8.08. The number of fused-ring (bicyclic) bond motifs is 2. The summed E-state index contributed by atoms with van der Waals surface area (Å²) in [6.07, 6.45) is 7.59. The number of benzene rings is 2. The van der Waals surface area contributed by atoms with Crippen LogP contribution in [0.2, 0.25) is 0 Å². The average Bonchev–Trinajstić information content (AvgIpc) is 3.37. The van der Waals surface area contributed by atoms with Gasteiger partial charge in [-0.3, -0.25) is 9.59 Å². The molecule has 2 aliphatic heterocycles. The molecule has 3 aliphatic rings. The highest BCUT2D eigenvalue weighted by Crippen LogP contribution is 2.48. The molecule has 1 unspecified atom stereocenters. The van der Waals surface area contributed by atoms with Gasteiger partial charge in [-0.25, -0.2) is 0 Å². The topological polar surface area (TPSA) is 67.7 Å². The van der Waals surface area contributed by atoms with Gasteiger partial charge in [-0.2, -0.15) is 17.2 Å². The number of hydrogen-bond donors (Lipinski definition) is 3. The number of allylic oxidation sites excluding steroid dienone is 5. The Bertz CT molecular complexity index is 1680. The molecule has 2 aromatic carbocycles. The highest BCUT2D eigenvalue weighted by molar-refractivity contribution is 7.80. The Kier molecular flexibility index (Phi) is 10.2. The minimum atomic E-state index is -0.605. The molecule has 250 valence electrons. The molecule has 2 N–H and O–H groups in total. The first kappa shape index (κ1) is 34.7. The number of likely N-dealkylation sites (N-methyl/N-ethyl adjacent to an activating group) is 2. The number of thiol groups is 1. The Balaban J connectivity index is 1.48. The number of ketones is 1. The normalized spacial score (nSPS) is 20.2. The zero-order valence-electron chi connectivity index (χ0n) is 29.4. The molecule has 47 heavy (non-hydrogen) atoms. The van der Waals surface area contributed by atoms with Gasteiger partial charge in [-0.1, -0.05) is 70.0 Å². The van der Waals surface area contributed by atoms with E-state index >= 15 is 0 Å². The number of carbonyl (C=O) groups is 2. The van der Waals surface area contributed by atoms with E-state index in [0.717, 1.165) is 42.3 Å². The quantitative estimate of drug-likeness (QED) is 0.109. The second-order valence-electron chi connectivity index (χ2n) is 14.2. The van der Waals surface area contributed by atoms with Crippen molar-refractivity contribution in [3.63, 3.8) is 0 Å². The van der Waals surface area contributed by atoms with Gasteiger partial charge in [0, 0.05) is 66.0 Å². The first-order valence-electron chi connectivity index (χ1n) is 16.9. The van der Waals surface area contributed by atoms with Gasteiger partial charge in [0.1, 0.15) is 13.1 Å². The van der Waals surface area contributed by atoms with Crippen LogP contribution >= 0.6 is 12.6 Å². The number of unbranched alkanes of at least 4 members (excludes halogenated alkanes) is 2. The van der Waals surface area contributed by atoms with Crippen molar-refractivity contribution in [2.45, 2.75) is 70.8 Å². The number of nitrogens with zero attached hydrogens (tertiary/aromatic N) is 3. The van der Waals surface area contributed by atoms with Crippen molar-refractivity contribution >= 4 is 41.4 Å². The summed E-state index contributed by atoms with van der Waals surface area (Å²) in [7, 11) is 6.20. The fourth-order valence-electron chi connectivity index (χ4n) is 7.28. The van der Waals surface area contributed by atoms with Crippen molar-refractivity contribution in [1.82, 2.24) is 15.5 Å². The summed E-state index contributed by atoms with van der Waals surface area (Å²) in [6, 6.07) is 16.2. The monoisotopic (exact) mass is 654 g/mol. The molecule has 7 nitrogen and oxygen atoms in total. The molecule has 0 radical (unpaired) electrons. The number of hydrogen-bond acceptors (Lipinski definition) is 6. The van der Waals surface area contributed by atoms with Crippen LogP contribution in [0.5, 0.6) is 0 Å². The third kappa shape index (κ3) is 6.47. The number of anilines is 1. The van der Waals surface area contributed by atoms with Gasteiger partial charge in [-0.05, 0) is 51.6 Å². The van der Waals surface area contributed by atoms with Gasteiger partial charge in [0.25, 0.3) is 0 Å². The predicted octanol–water partition coefficient (Wildman–Crippen LogP) is 5.89. The molecule has 1 aliphatic carbocycles. The van der Waals surface area contributed by atoms with Crippen molar-refractivity contribution in [1.29, 1.82) is 0 Å². The van der Waals surface area contributed by atoms with Crippen LogP contribution in [-0.2, 0) is 20.4 Å². The van der Waals surface area contributed by atoms with E-state index in [1.54, 1.807) is 0 Å². The van der Waals surface area contributed by atoms with Crippen molar-refractivity contribution < 1.29 is 14.2 Å². The van der Waals surface area contributed by atoms with Crippen molar-refractivity contribution in [2.24, 2.45) is 0 Å². The molecule has 0 saturated heterocycles. The molecule has 8 heteroatoms. The first-order chi connectivity index (χ1) is 22.3. The van der Waals surface area contributed by atoms with Crippen LogP contribution in [0.4, 0.5) is 11.4 Å². The van der Waals surface area contributed by atoms with Gasteiger partial charge >= 0.3 is 0 Å². The Morgan fingerprint density at radius 1 is 1.00 bits per heavy atom. The third-order valence-electron chi connectivity index (χ3n) is 10.2. The van der Waals surface area contributed by atoms with E-state index in [2.05, 4.69) is 130 Å². The Morgan fingerprint density at radius 2 is 1.68 bits per heavy atom. The SMILES string of the molecule is CCCCCN(C)CCNC(=O)C(CS)NC1=C(/C=C2/N(C)c3ccccc3C2(C)C)C(=O)/C1=C\C1=[N+](C)c2ccccc2C1(C)C. The number of rotatable bonds is 13. The fourth-order valence-corrected chi connectivity index (χ4v) is 7.54. The van der Waals surface area contributed by atoms with E-state index in [1.807, 2.05) is 24.3 Å². The molecule has 2 aromatic rings. The summed E-state index contributed by atoms with van der Waals surface area (Å²) in [5, 5.41) is 6.59. The molecular weight excluding hydrogens is 603 g/mol. The van der Waals surface area contributed by atoms with E-state index < -0.39 is 6.04 Å². The minimum absolute atomic E-state index is 0.0279. The zero-order chi connectivity index (χ0) is 34.1. The average molecular weight is 655 g/mol. The number of para-hydroxylation sites is 2. The fraction of sp³-hybridized carbons (Fsp3) is 0.462. The maximum atomic E-state index is 14.1. The van der Waals surface area contributed by atoms with Gasteiger partial charge in [0.05, 0.1) is 16.7 Å². The standard InChI is InChI=1S/C39H51N5O2S/c1-9-10-15-21-42(6)22-20-40-37(46)30(25-47)41-35-26(23-33-38(2,3)28-16-11-13-18-31(28)43(33)7)36(45)27(35)24-34-39(4,5)29-17-12-14-19-32(29)44(34)8/h11-14,16-19,23-24,30,41H,9-10,15,20-22,25H2,1-8H3,(H-,40,46,47)/p+1. The molecule has 0 spiro atoms. The van der Waals surface area contributed by atoms with E-state index in [4.69, 9.17) is 0 Å². The molecule has 2 heterocycles. The molecule has 0 bridgehead atoms. The summed E-state index contributed by atoms with van der Waals surface area (Å²) in [6.45, 7) is 13.3. The Morgan fingerprint density at radius 3 is 2.34 bits per heavy atom. The lowest BCUT2D eigenvalue weighted by Crippen LogP contribution is -2.49. The summed E-state index contributed by atoms with van der Waals surface area (Å²) < 4.78 is 2.17. The van der Waals surface area contributed by atoms with Crippen molar-refractivity contribution in [3.05, 3.63) is 94.4 Å². The molecule has 0 aromatic heterocycles. The minimum Gasteiger partial charge on any atom is -0.372 e. The largest absolute Gasteiger partial charge is 0.372 e. The van der Waals surface area contributed by atoms with Crippen LogP contribution in [0.25, 0.3) is 0 Å². The molecule has 0 saturated carbocycles. The van der Waals surface area contributed by atoms with Crippen LogP contribution in [-0.4, -0.2) is 79.4 Å². The first-order valence-corrected chi connectivity index (χ1v) is 17.6. The Labute approximate surface area is 286 Å². The molecular formula is C39H52N5O2S+. The van der Waals surface area contributed by atoms with Crippen LogP contribution in [0, 0.1) is 0 Å². The molecule has 1 atom stereocenters. The zero-order valence-corrected chi connectivity index (χ0v) is 30.3. The maximum Gasteiger partial charge on any atom is 0.243 e. The molecule has 5 rings (SSSR count). The highest BCUT2D eigenvalue weighted by Gasteiger charge is 2.46. The van der Waals surface area contributed by atoms with E-state index in [-0.39, 0.29) is 28.3 Å². The highest BCUT2D eigenvalue weighted by atomic mass is 32.1.